The summed E-state index contributed by atoms with van der Waals surface area (Å²) in [5.74, 6) is 0.442. The lowest BCUT2D eigenvalue weighted by Crippen LogP contribution is -2.30. The lowest BCUT2D eigenvalue weighted by atomic mass is 10.1. The Kier molecular flexibility index (Phi) is 5.67. The molecule has 0 saturated heterocycles. The number of carbonyl (C=O) groups is 1. The third-order valence-electron chi connectivity index (χ3n) is 5.11. The Morgan fingerprint density at radius 1 is 0.879 bits per heavy atom. The highest BCUT2D eigenvalue weighted by molar-refractivity contribution is 5.94. The maximum Gasteiger partial charge on any atom is 0.288 e. The van der Waals surface area contributed by atoms with E-state index in [2.05, 4.69) is 20.9 Å². The van der Waals surface area contributed by atoms with Gasteiger partial charge >= 0.3 is 0 Å². The normalized spacial score (nSPS) is 10.7. The average molecular weight is 435 g/mol. The number of fused-ring (bicyclic) bond motifs is 1. The summed E-state index contributed by atoms with van der Waals surface area (Å²) in [5.41, 5.74) is 10.1. The fraction of sp³-hybridized carbons (Fsp3) is 0.0385. The molecular formula is C26H21N5O2. The topological polar surface area (TPSA) is 80.6 Å². The van der Waals surface area contributed by atoms with Gasteiger partial charge in [-0.2, -0.15) is 5.10 Å². The van der Waals surface area contributed by atoms with Crippen LogP contribution in [0.5, 0.6) is 5.75 Å². The molecule has 0 saturated carbocycles. The van der Waals surface area contributed by atoms with Gasteiger partial charge in [0.25, 0.3) is 5.91 Å². The molecule has 0 atom stereocenters. The third kappa shape index (κ3) is 4.67. The number of carbonyl (C=O) groups excluding carboxylic acids is 1. The van der Waals surface area contributed by atoms with Crippen molar-refractivity contribution in [1.82, 2.24) is 20.0 Å². The first-order valence-electron chi connectivity index (χ1n) is 10.5. The van der Waals surface area contributed by atoms with E-state index in [-0.39, 0.29) is 11.6 Å². The number of rotatable bonds is 7. The second-order valence-corrected chi connectivity index (χ2v) is 7.38. The first-order chi connectivity index (χ1) is 16.3. The van der Waals surface area contributed by atoms with Crippen LogP contribution in [0.3, 0.4) is 0 Å². The second-order valence-electron chi connectivity index (χ2n) is 7.38. The van der Waals surface area contributed by atoms with Crippen LogP contribution in [-0.4, -0.2) is 20.5 Å². The zero-order valence-corrected chi connectivity index (χ0v) is 17.7. The minimum absolute atomic E-state index is 0.287. The Bertz CT molecular complexity index is 1370. The van der Waals surface area contributed by atoms with Crippen molar-refractivity contribution >= 4 is 17.2 Å². The summed E-state index contributed by atoms with van der Waals surface area (Å²) >= 11 is 0. The van der Waals surface area contributed by atoms with Crippen molar-refractivity contribution in [3.05, 3.63) is 115 Å². The van der Waals surface area contributed by atoms with Gasteiger partial charge < -0.3 is 4.74 Å². The van der Waals surface area contributed by atoms with Crippen molar-refractivity contribution in [3.63, 3.8) is 0 Å². The molecule has 33 heavy (non-hydrogen) atoms. The fourth-order valence-corrected chi connectivity index (χ4v) is 3.39. The van der Waals surface area contributed by atoms with Crippen LogP contribution in [-0.2, 0) is 6.61 Å². The quantitative estimate of drug-likeness (QED) is 0.361. The molecule has 5 rings (SSSR count). The summed E-state index contributed by atoms with van der Waals surface area (Å²) in [4.78, 5) is 17.1. The lowest BCUT2D eigenvalue weighted by molar-refractivity contribution is 0.0958. The zero-order valence-electron chi connectivity index (χ0n) is 17.7. The van der Waals surface area contributed by atoms with E-state index in [1.165, 1.54) is 0 Å². The molecule has 7 heteroatoms. The van der Waals surface area contributed by atoms with Crippen LogP contribution in [0.1, 0.15) is 16.1 Å². The Morgan fingerprint density at radius 2 is 1.61 bits per heavy atom. The summed E-state index contributed by atoms with van der Waals surface area (Å²) in [7, 11) is 0. The van der Waals surface area contributed by atoms with Gasteiger partial charge in [0, 0.05) is 11.8 Å². The highest BCUT2D eigenvalue weighted by Gasteiger charge is 2.13. The van der Waals surface area contributed by atoms with Crippen LogP contribution >= 0.6 is 0 Å². The molecule has 0 aliphatic rings. The molecule has 0 unspecified atom stereocenters. The SMILES string of the molecule is O=C(NNc1ccccc1)c1ccn2ncc(-c3ccc(OCc4ccccc4)cc3)c2n1. The monoisotopic (exact) mass is 435 g/mol. The van der Waals surface area contributed by atoms with Gasteiger partial charge in [0.1, 0.15) is 18.1 Å². The number of hydrazine groups is 1. The molecule has 0 bridgehead atoms. The number of anilines is 1. The van der Waals surface area contributed by atoms with Crippen molar-refractivity contribution in [3.8, 4) is 16.9 Å². The van der Waals surface area contributed by atoms with E-state index in [9.17, 15) is 4.79 Å². The van der Waals surface area contributed by atoms with Crippen molar-refractivity contribution in [2.45, 2.75) is 6.61 Å². The van der Waals surface area contributed by atoms with Crippen LogP contribution in [0.15, 0.2) is 103 Å². The fourth-order valence-electron chi connectivity index (χ4n) is 3.39. The number of nitrogens with one attached hydrogen (secondary N) is 2. The Labute approximate surface area is 190 Å². The summed E-state index contributed by atoms with van der Waals surface area (Å²) in [6, 6.07) is 28.8. The van der Waals surface area contributed by atoms with Gasteiger partial charge in [0.15, 0.2) is 5.65 Å². The number of amides is 1. The van der Waals surface area contributed by atoms with Crippen LogP contribution in [0.2, 0.25) is 0 Å². The van der Waals surface area contributed by atoms with Crippen LogP contribution in [0.4, 0.5) is 5.69 Å². The van der Waals surface area contributed by atoms with Gasteiger partial charge in [-0.15, -0.1) is 0 Å². The molecule has 2 N–H and O–H groups in total. The number of ether oxygens (including phenoxy) is 1. The first-order valence-corrected chi connectivity index (χ1v) is 10.5. The molecular weight excluding hydrogens is 414 g/mol. The Balaban J connectivity index is 1.31. The Hall–Kier alpha value is -4.65. The van der Waals surface area contributed by atoms with E-state index >= 15 is 0 Å². The molecule has 2 aromatic heterocycles. The van der Waals surface area contributed by atoms with Gasteiger partial charge in [-0.25, -0.2) is 9.50 Å². The van der Waals surface area contributed by atoms with E-state index in [0.29, 0.717) is 12.3 Å². The summed E-state index contributed by atoms with van der Waals surface area (Å²) in [5, 5.41) is 4.36. The van der Waals surface area contributed by atoms with Crippen LogP contribution in [0.25, 0.3) is 16.8 Å². The molecule has 2 heterocycles. The van der Waals surface area contributed by atoms with Crippen molar-refractivity contribution in [2.75, 3.05) is 5.43 Å². The van der Waals surface area contributed by atoms with E-state index in [4.69, 9.17) is 4.74 Å². The smallest absolute Gasteiger partial charge is 0.288 e. The van der Waals surface area contributed by atoms with E-state index in [1.54, 1.807) is 23.0 Å². The Morgan fingerprint density at radius 3 is 2.36 bits per heavy atom. The van der Waals surface area contributed by atoms with E-state index in [0.717, 1.165) is 28.1 Å². The predicted molar refractivity (Wildman–Crippen MR) is 127 cm³/mol. The number of hydrogen-bond donors (Lipinski definition) is 2. The summed E-state index contributed by atoms with van der Waals surface area (Å²) < 4.78 is 7.52. The number of hydrogen-bond acceptors (Lipinski definition) is 5. The molecule has 5 aromatic rings. The van der Waals surface area contributed by atoms with Crippen molar-refractivity contribution in [2.24, 2.45) is 0 Å². The van der Waals surface area contributed by atoms with Crippen LogP contribution < -0.4 is 15.6 Å². The summed E-state index contributed by atoms with van der Waals surface area (Å²) in [6.07, 6.45) is 3.46. The molecule has 0 fully saturated rings. The molecule has 0 spiro atoms. The molecule has 162 valence electrons. The number of benzene rings is 3. The highest BCUT2D eigenvalue weighted by atomic mass is 16.5. The number of nitrogens with zero attached hydrogens (tertiary/aromatic N) is 3. The predicted octanol–water partition coefficient (Wildman–Crippen LogP) is 4.73. The van der Waals surface area contributed by atoms with Gasteiger partial charge in [0.05, 0.1) is 11.9 Å². The standard InChI is InChI=1S/C26H21N5O2/c32-26(30-29-21-9-5-2-6-10-21)24-15-16-31-25(28-24)23(17-27-31)20-11-13-22(14-12-20)33-18-19-7-3-1-4-8-19/h1-17,29H,18H2,(H,30,32). The average Bonchev–Trinajstić information content (AvgIpc) is 3.31. The van der Waals surface area contributed by atoms with Gasteiger partial charge in [-0.05, 0) is 41.5 Å². The van der Waals surface area contributed by atoms with Crippen molar-refractivity contribution < 1.29 is 9.53 Å². The van der Waals surface area contributed by atoms with Gasteiger partial charge in [0.2, 0.25) is 0 Å². The molecule has 1 amide bonds. The van der Waals surface area contributed by atoms with E-state index in [1.807, 2.05) is 84.9 Å². The number of aromatic nitrogens is 3. The van der Waals surface area contributed by atoms with Crippen LogP contribution in [0, 0.1) is 0 Å². The maximum absolute atomic E-state index is 12.6. The van der Waals surface area contributed by atoms with Crippen molar-refractivity contribution in [1.29, 1.82) is 0 Å². The van der Waals surface area contributed by atoms with E-state index < -0.39 is 0 Å². The van der Waals surface area contributed by atoms with Gasteiger partial charge in [-0.1, -0.05) is 60.7 Å². The molecule has 3 aromatic carbocycles. The maximum atomic E-state index is 12.6. The molecule has 0 radical (unpaired) electrons. The van der Waals surface area contributed by atoms with Gasteiger partial charge in [-0.3, -0.25) is 15.6 Å². The highest BCUT2D eigenvalue weighted by Crippen LogP contribution is 2.26. The zero-order chi connectivity index (χ0) is 22.5. The molecule has 0 aliphatic heterocycles. The minimum atomic E-state index is -0.335. The second kappa shape index (κ2) is 9.23. The largest absolute Gasteiger partial charge is 0.489 e. The molecule has 7 nitrogen and oxygen atoms in total. The molecule has 0 aliphatic carbocycles. The summed E-state index contributed by atoms with van der Waals surface area (Å²) in [6.45, 7) is 0.508. The first kappa shape index (κ1) is 20.3. The number of para-hydroxylation sites is 1. The minimum Gasteiger partial charge on any atom is -0.489 e. The third-order valence-corrected chi connectivity index (χ3v) is 5.11. The lowest BCUT2D eigenvalue weighted by Gasteiger charge is -2.08.